The van der Waals surface area contributed by atoms with E-state index in [-0.39, 0.29) is 6.04 Å². The maximum absolute atomic E-state index is 6.13. The number of aryl methyl sites for hydroxylation is 2. The summed E-state index contributed by atoms with van der Waals surface area (Å²) in [6.45, 7) is 5.10. The van der Waals surface area contributed by atoms with Gasteiger partial charge in [-0.3, -0.25) is 5.10 Å². The van der Waals surface area contributed by atoms with Gasteiger partial charge in [-0.1, -0.05) is 12.1 Å². The minimum atomic E-state index is 0.269. The van der Waals surface area contributed by atoms with Gasteiger partial charge < -0.3 is 9.32 Å². The van der Waals surface area contributed by atoms with Crippen LogP contribution in [-0.2, 0) is 0 Å². The van der Waals surface area contributed by atoms with E-state index in [1.165, 1.54) is 5.56 Å². The van der Waals surface area contributed by atoms with E-state index in [9.17, 15) is 0 Å². The van der Waals surface area contributed by atoms with Gasteiger partial charge in [-0.2, -0.15) is 5.10 Å². The first-order chi connectivity index (χ1) is 12.2. The number of fused-ring (bicyclic) bond motifs is 3. The van der Waals surface area contributed by atoms with E-state index in [1.54, 1.807) is 6.33 Å². The maximum atomic E-state index is 6.13. The Morgan fingerprint density at radius 2 is 2.08 bits per heavy atom. The van der Waals surface area contributed by atoms with Crippen LogP contribution < -0.4 is 4.90 Å². The summed E-state index contributed by atoms with van der Waals surface area (Å²) < 4.78 is 6.13. The van der Waals surface area contributed by atoms with Crippen LogP contribution in [0.15, 0.2) is 35.0 Å². The number of aromatic amines is 1. The second-order valence-corrected chi connectivity index (χ2v) is 6.67. The number of H-pyrrole nitrogens is 1. The molecule has 1 aliphatic rings. The third kappa shape index (κ3) is 2.06. The number of hydrogen-bond acceptors (Lipinski definition) is 5. The standard InChI is InChI=1S/C19H19N5O/c1-11-16(12(2)23-22-11)14-7-5-9-24(14)19-18-17(20-10-21-19)13-6-3-4-8-15(13)25-18/h3-4,6,8,10,14H,5,7,9H2,1-2H3,(H,22,23)/t14-/m1/s1. The van der Waals surface area contributed by atoms with Crippen LogP contribution in [0.25, 0.3) is 22.1 Å². The van der Waals surface area contributed by atoms with Crippen LogP contribution >= 0.6 is 0 Å². The highest BCUT2D eigenvalue weighted by molar-refractivity contribution is 6.05. The van der Waals surface area contributed by atoms with Crippen molar-refractivity contribution < 1.29 is 4.42 Å². The molecule has 25 heavy (non-hydrogen) atoms. The monoisotopic (exact) mass is 333 g/mol. The Balaban J connectivity index is 1.70. The van der Waals surface area contributed by atoms with Crippen molar-refractivity contribution in [2.24, 2.45) is 0 Å². The maximum Gasteiger partial charge on any atom is 0.196 e. The van der Waals surface area contributed by atoms with Crippen molar-refractivity contribution in [2.45, 2.75) is 32.7 Å². The Morgan fingerprint density at radius 1 is 1.20 bits per heavy atom. The summed E-state index contributed by atoms with van der Waals surface area (Å²) in [7, 11) is 0. The summed E-state index contributed by atoms with van der Waals surface area (Å²) in [4.78, 5) is 11.4. The van der Waals surface area contributed by atoms with E-state index >= 15 is 0 Å². The molecule has 1 aromatic carbocycles. The normalized spacial score (nSPS) is 17.8. The molecule has 0 saturated carbocycles. The van der Waals surface area contributed by atoms with Gasteiger partial charge in [-0.25, -0.2) is 9.97 Å². The molecule has 0 aliphatic carbocycles. The van der Waals surface area contributed by atoms with Gasteiger partial charge in [0.25, 0.3) is 0 Å². The van der Waals surface area contributed by atoms with Crippen molar-refractivity contribution in [1.82, 2.24) is 20.2 Å². The summed E-state index contributed by atoms with van der Waals surface area (Å²) in [6.07, 6.45) is 3.86. The summed E-state index contributed by atoms with van der Waals surface area (Å²) in [6, 6.07) is 8.28. The van der Waals surface area contributed by atoms with Crippen LogP contribution in [0.1, 0.15) is 35.8 Å². The zero-order chi connectivity index (χ0) is 17.0. The Hall–Kier alpha value is -2.89. The first-order valence-corrected chi connectivity index (χ1v) is 8.64. The number of aromatic nitrogens is 4. The minimum absolute atomic E-state index is 0.269. The van der Waals surface area contributed by atoms with Gasteiger partial charge in [0.1, 0.15) is 17.4 Å². The molecule has 0 bridgehead atoms. The van der Waals surface area contributed by atoms with Crippen LogP contribution in [0.5, 0.6) is 0 Å². The fourth-order valence-electron chi connectivity index (χ4n) is 4.09. The minimum Gasteiger partial charge on any atom is -0.450 e. The highest BCUT2D eigenvalue weighted by Crippen LogP contribution is 2.41. The Labute approximate surface area is 144 Å². The summed E-state index contributed by atoms with van der Waals surface area (Å²) in [5, 5.41) is 8.52. The molecular weight excluding hydrogens is 314 g/mol. The van der Waals surface area contributed by atoms with Crippen molar-refractivity contribution in [2.75, 3.05) is 11.4 Å². The molecule has 1 aliphatic heterocycles. The van der Waals surface area contributed by atoms with Gasteiger partial charge in [-0.15, -0.1) is 0 Å². The molecule has 126 valence electrons. The van der Waals surface area contributed by atoms with Crippen molar-refractivity contribution in [3.63, 3.8) is 0 Å². The van der Waals surface area contributed by atoms with E-state index in [4.69, 9.17) is 4.42 Å². The average molecular weight is 333 g/mol. The van der Waals surface area contributed by atoms with Crippen LogP contribution in [0.3, 0.4) is 0 Å². The molecule has 4 heterocycles. The summed E-state index contributed by atoms with van der Waals surface area (Å²) >= 11 is 0. The van der Waals surface area contributed by atoms with E-state index in [0.717, 1.165) is 58.7 Å². The lowest BCUT2D eigenvalue weighted by Gasteiger charge is -2.26. The topological polar surface area (TPSA) is 70.8 Å². The number of nitrogens with zero attached hydrogens (tertiary/aromatic N) is 4. The van der Waals surface area contributed by atoms with Crippen molar-refractivity contribution in [1.29, 1.82) is 0 Å². The lowest BCUT2D eigenvalue weighted by Crippen LogP contribution is -2.24. The number of para-hydroxylation sites is 1. The van der Waals surface area contributed by atoms with Crippen LogP contribution in [0.4, 0.5) is 5.82 Å². The van der Waals surface area contributed by atoms with E-state index < -0.39 is 0 Å². The molecule has 3 aromatic heterocycles. The zero-order valence-electron chi connectivity index (χ0n) is 14.3. The fourth-order valence-corrected chi connectivity index (χ4v) is 4.09. The molecule has 6 nitrogen and oxygen atoms in total. The molecule has 1 saturated heterocycles. The second-order valence-electron chi connectivity index (χ2n) is 6.67. The largest absolute Gasteiger partial charge is 0.450 e. The number of rotatable bonds is 2. The van der Waals surface area contributed by atoms with Gasteiger partial charge in [0.05, 0.1) is 11.7 Å². The number of anilines is 1. The first kappa shape index (κ1) is 14.5. The molecule has 0 radical (unpaired) electrons. The highest BCUT2D eigenvalue weighted by atomic mass is 16.3. The summed E-state index contributed by atoms with van der Waals surface area (Å²) in [5.74, 6) is 0.878. The quantitative estimate of drug-likeness (QED) is 0.599. The molecular formula is C19H19N5O. The predicted molar refractivity (Wildman–Crippen MR) is 96.7 cm³/mol. The predicted octanol–water partition coefficient (Wildman–Crippen LogP) is 4.06. The van der Waals surface area contributed by atoms with E-state index in [0.29, 0.717) is 0 Å². The number of nitrogens with one attached hydrogen (secondary N) is 1. The average Bonchev–Trinajstić information content (AvgIpc) is 3.31. The molecule has 0 unspecified atom stereocenters. The van der Waals surface area contributed by atoms with Gasteiger partial charge in [0.2, 0.25) is 0 Å². The molecule has 5 rings (SSSR count). The Kier molecular flexibility index (Phi) is 3.07. The molecule has 1 N–H and O–H groups in total. The highest BCUT2D eigenvalue weighted by Gasteiger charge is 2.32. The van der Waals surface area contributed by atoms with E-state index in [2.05, 4.69) is 38.9 Å². The number of furan rings is 1. The van der Waals surface area contributed by atoms with Gasteiger partial charge >= 0.3 is 0 Å². The van der Waals surface area contributed by atoms with E-state index in [1.807, 2.05) is 24.3 Å². The third-order valence-corrected chi connectivity index (χ3v) is 5.18. The molecule has 1 atom stereocenters. The lowest BCUT2D eigenvalue weighted by molar-refractivity contribution is 0.651. The molecule has 0 amide bonds. The Bertz CT molecular complexity index is 1060. The second kappa shape index (κ2) is 5.31. The van der Waals surface area contributed by atoms with Gasteiger partial charge in [0, 0.05) is 23.2 Å². The smallest absolute Gasteiger partial charge is 0.196 e. The van der Waals surface area contributed by atoms with Crippen molar-refractivity contribution in [3.8, 4) is 0 Å². The van der Waals surface area contributed by atoms with Crippen LogP contribution in [0.2, 0.25) is 0 Å². The van der Waals surface area contributed by atoms with Crippen molar-refractivity contribution in [3.05, 3.63) is 47.5 Å². The molecule has 0 spiro atoms. The van der Waals surface area contributed by atoms with Gasteiger partial charge in [-0.05, 0) is 38.8 Å². The van der Waals surface area contributed by atoms with Gasteiger partial charge in [0.15, 0.2) is 11.4 Å². The Morgan fingerprint density at radius 3 is 2.92 bits per heavy atom. The zero-order valence-corrected chi connectivity index (χ0v) is 14.3. The van der Waals surface area contributed by atoms with Crippen LogP contribution in [-0.4, -0.2) is 26.7 Å². The first-order valence-electron chi connectivity index (χ1n) is 8.64. The molecule has 6 heteroatoms. The SMILES string of the molecule is Cc1n[nH]c(C)c1[C@H]1CCCN1c1ncnc2c1oc1ccccc12. The molecule has 4 aromatic rings. The van der Waals surface area contributed by atoms with Crippen LogP contribution in [0, 0.1) is 13.8 Å². The summed E-state index contributed by atoms with van der Waals surface area (Å²) in [5.41, 5.74) is 5.97. The lowest BCUT2D eigenvalue weighted by atomic mass is 10.0. The third-order valence-electron chi connectivity index (χ3n) is 5.18. The van der Waals surface area contributed by atoms with Crippen molar-refractivity contribution >= 4 is 27.9 Å². The fraction of sp³-hybridized carbons (Fsp3) is 0.316. The molecule has 1 fully saturated rings. The number of benzene rings is 1. The number of hydrogen-bond donors (Lipinski definition) is 1.